The van der Waals surface area contributed by atoms with Gasteiger partial charge in [-0.15, -0.1) is 0 Å². The summed E-state index contributed by atoms with van der Waals surface area (Å²) in [7, 11) is 0. The number of fused-ring (bicyclic) bond motifs is 1. The van der Waals surface area contributed by atoms with Gasteiger partial charge in [0.25, 0.3) is 0 Å². The fourth-order valence-electron chi connectivity index (χ4n) is 3.33. The normalized spacial score (nSPS) is 18.2. The smallest absolute Gasteiger partial charge is 0.408 e. The molecule has 1 amide bonds. The molecule has 0 unspecified atom stereocenters. The molecule has 1 aliphatic heterocycles. The van der Waals surface area contributed by atoms with Gasteiger partial charge in [0.05, 0.1) is 5.52 Å². The van der Waals surface area contributed by atoms with E-state index in [2.05, 4.69) is 9.97 Å². The van der Waals surface area contributed by atoms with Crippen molar-refractivity contribution in [1.82, 2.24) is 19.4 Å². The fourth-order valence-corrected chi connectivity index (χ4v) is 3.33. The molecule has 24 heavy (non-hydrogen) atoms. The van der Waals surface area contributed by atoms with Crippen molar-refractivity contribution in [3.63, 3.8) is 0 Å². The lowest BCUT2D eigenvalue weighted by molar-refractivity contribution is -0.133. The molecule has 1 aliphatic rings. The van der Waals surface area contributed by atoms with Crippen LogP contribution in [0.4, 0.5) is 0 Å². The number of hydrogen-bond donors (Lipinski definition) is 1. The molecule has 1 aromatic carbocycles. The summed E-state index contributed by atoms with van der Waals surface area (Å²) in [6, 6.07) is 7.14. The lowest BCUT2D eigenvalue weighted by atomic mass is 9.97. The summed E-state index contributed by atoms with van der Waals surface area (Å²) in [5, 5.41) is 0. The Morgan fingerprint density at radius 1 is 1.38 bits per heavy atom. The molecule has 2 aromatic heterocycles. The predicted octanol–water partition coefficient (Wildman–Crippen LogP) is 1.72. The van der Waals surface area contributed by atoms with Crippen LogP contribution in [0.5, 0.6) is 0 Å². The molecule has 4 rings (SSSR count). The predicted molar refractivity (Wildman–Crippen MR) is 87.6 cm³/mol. The topological polar surface area (TPSA) is 84.1 Å². The molecule has 0 spiro atoms. The Hall–Kier alpha value is -2.83. The van der Waals surface area contributed by atoms with Gasteiger partial charge in [-0.1, -0.05) is 12.1 Å². The number of hydrogen-bond acceptors (Lipinski definition) is 4. The number of H-pyrrole nitrogens is 1. The Morgan fingerprint density at radius 3 is 3.08 bits per heavy atom. The zero-order chi connectivity index (χ0) is 16.5. The Balaban J connectivity index is 1.53. The van der Waals surface area contributed by atoms with E-state index in [0.717, 1.165) is 18.7 Å². The van der Waals surface area contributed by atoms with Crippen LogP contribution in [0.25, 0.3) is 11.1 Å². The summed E-state index contributed by atoms with van der Waals surface area (Å²) in [6.07, 6.45) is 5.46. The van der Waals surface area contributed by atoms with Gasteiger partial charge in [-0.3, -0.25) is 9.36 Å². The highest BCUT2D eigenvalue weighted by Gasteiger charge is 2.27. The van der Waals surface area contributed by atoms with E-state index in [-0.39, 0.29) is 18.4 Å². The van der Waals surface area contributed by atoms with Crippen molar-refractivity contribution in [2.75, 3.05) is 13.1 Å². The van der Waals surface area contributed by atoms with Gasteiger partial charge in [-0.2, -0.15) is 0 Å². The summed E-state index contributed by atoms with van der Waals surface area (Å²) >= 11 is 0. The number of carbonyl (C=O) groups excluding carboxylic acids is 1. The molecular weight excluding hydrogens is 308 g/mol. The van der Waals surface area contributed by atoms with Crippen LogP contribution in [0.2, 0.25) is 0 Å². The first-order valence-corrected chi connectivity index (χ1v) is 8.08. The summed E-state index contributed by atoms with van der Waals surface area (Å²) in [4.78, 5) is 33.9. The van der Waals surface area contributed by atoms with Gasteiger partial charge in [0.15, 0.2) is 5.58 Å². The van der Waals surface area contributed by atoms with Crippen LogP contribution < -0.4 is 5.76 Å². The zero-order valence-corrected chi connectivity index (χ0v) is 13.1. The van der Waals surface area contributed by atoms with Crippen molar-refractivity contribution in [3.8, 4) is 0 Å². The fraction of sp³-hybridized carbons (Fsp3) is 0.353. The second-order valence-corrected chi connectivity index (χ2v) is 6.08. The summed E-state index contributed by atoms with van der Waals surface area (Å²) in [6.45, 7) is 1.33. The van der Waals surface area contributed by atoms with Gasteiger partial charge in [0, 0.05) is 31.4 Å². The molecule has 0 radical (unpaired) electrons. The van der Waals surface area contributed by atoms with E-state index in [9.17, 15) is 9.59 Å². The minimum absolute atomic E-state index is 0.000716. The van der Waals surface area contributed by atoms with Crippen molar-refractivity contribution in [3.05, 3.63) is 53.0 Å². The number of rotatable bonds is 3. The second-order valence-electron chi connectivity index (χ2n) is 6.08. The Morgan fingerprint density at radius 2 is 2.25 bits per heavy atom. The Bertz CT molecular complexity index is 909. The molecule has 1 saturated heterocycles. The molecule has 1 atom stereocenters. The molecule has 3 heterocycles. The Labute approximate surface area is 137 Å². The van der Waals surface area contributed by atoms with Crippen molar-refractivity contribution in [2.45, 2.75) is 25.3 Å². The molecule has 7 heteroatoms. The van der Waals surface area contributed by atoms with Crippen LogP contribution in [-0.2, 0) is 11.3 Å². The van der Waals surface area contributed by atoms with Crippen LogP contribution in [0.3, 0.4) is 0 Å². The summed E-state index contributed by atoms with van der Waals surface area (Å²) in [5.41, 5.74) is 1.15. The van der Waals surface area contributed by atoms with Gasteiger partial charge in [-0.05, 0) is 25.0 Å². The van der Waals surface area contributed by atoms with Crippen molar-refractivity contribution in [1.29, 1.82) is 0 Å². The standard InChI is InChI=1S/C17H18N4O3/c22-15(11-21-13-5-1-2-6-14(13)24-17(21)23)20-9-3-4-12(10-20)16-18-7-8-19-16/h1-2,5-8,12H,3-4,9-11H2,(H,18,19)/t12-/m0/s1. The maximum atomic E-state index is 12.7. The number of likely N-dealkylation sites (tertiary alicyclic amines) is 1. The van der Waals surface area contributed by atoms with Crippen LogP contribution in [0.15, 0.2) is 45.9 Å². The summed E-state index contributed by atoms with van der Waals surface area (Å²) in [5.74, 6) is 0.568. The number of piperidine rings is 1. The van der Waals surface area contributed by atoms with E-state index < -0.39 is 5.76 Å². The average molecular weight is 326 g/mol. The molecule has 0 saturated carbocycles. The molecular formula is C17H18N4O3. The number of carbonyl (C=O) groups is 1. The quantitative estimate of drug-likeness (QED) is 0.794. The lowest BCUT2D eigenvalue weighted by Crippen LogP contribution is -2.42. The van der Waals surface area contributed by atoms with E-state index in [4.69, 9.17) is 4.42 Å². The monoisotopic (exact) mass is 326 g/mol. The number of nitrogens with zero attached hydrogens (tertiary/aromatic N) is 3. The van der Waals surface area contributed by atoms with Crippen molar-refractivity contribution >= 4 is 17.0 Å². The van der Waals surface area contributed by atoms with Crippen LogP contribution >= 0.6 is 0 Å². The lowest BCUT2D eigenvalue weighted by Gasteiger charge is -2.31. The third-order valence-corrected chi connectivity index (χ3v) is 4.55. The average Bonchev–Trinajstić information content (AvgIpc) is 3.24. The molecule has 1 fully saturated rings. The van der Waals surface area contributed by atoms with Gasteiger partial charge < -0.3 is 14.3 Å². The number of amides is 1. The van der Waals surface area contributed by atoms with Gasteiger partial charge in [-0.25, -0.2) is 9.78 Å². The highest BCUT2D eigenvalue weighted by molar-refractivity contribution is 5.79. The first-order chi connectivity index (χ1) is 11.7. The highest BCUT2D eigenvalue weighted by atomic mass is 16.4. The maximum Gasteiger partial charge on any atom is 0.420 e. The first-order valence-electron chi connectivity index (χ1n) is 8.08. The van der Waals surface area contributed by atoms with E-state index in [0.29, 0.717) is 24.2 Å². The molecule has 3 aromatic rings. The van der Waals surface area contributed by atoms with Crippen LogP contribution in [0, 0.1) is 0 Å². The third-order valence-electron chi connectivity index (χ3n) is 4.55. The van der Waals surface area contributed by atoms with Gasteiger partial charge in [0.2, 0.25) is 5.91 Å². The Kier molecular flexibility index (Phi) is 3.68. The number of benzene rings is 1. The number of aromatic amines is 1. The van der Waals surface area contributed by atoms with Gasteiger partial charge in [0.1, 0.15) is 12.4 Å². The molecule has 1 N–H and O–H groups in total. The zero-order valence-electron chi connectivity index (χ0n) is 13.1. The van der Waals surface area contributed by atoms with Crippen molar-refractivity contribution in [2.24, 2.45) is 0 Å². The number of oxazole rings is 1. The van der Waals surface area contributed by atoms with E-state index in [1.54, 1.807) is 30.6 Å². The largest absolute Gasteiger partial charge is 0.420 e. The maximum absolute atomic E-state index is 12.7. The van der Waals surface area contributed by atoms with Crippen LogP contribution in [0.1, 0.15) is 24.6 Å². The number of imidazole rings is 1. The first kappa shape index (κ1) is 14.7. The molecule has 7 nitrogen and oxygen atoms in total. The number of para-hydroxylation sites is 2. The van der Waals surface area contributed by atoms with E-state index in [1.807, 2.05) is 11.0 Å². The summed E-state index contributed by atoms with van der Waals surface area (Å²) < 4.78 is 6.59. The highest BCUT2D eigenvalue weighted by Crippen LogP contribution is 2.24. The molecule has 124 valence electrons. The van der Waals surface area contributed by atoms with Crippen molar-refractivity contribution < 1.29 is 9.21 Å². The van der Waals surface area contributed by atoms with Crippen LogP contribution in [-0.4, -0.2) is 38.4 Å². The van der Waals surface area contributed by atoms with E-state index >= 15 is 0 Å². The molecule has 0 aliphatic carbocycles. The SMILES string of the molecule is O=C(Cn1c(=O)oc2ccccc21)N1CCC[C@H](c2ncc[nH]2)C1. The minimum atomic E-state index is -0.496. The minimum Gasteiger partial charge on any atom is -0.408 e. The number of aromatic nitrogens is 3. The van der Waals surface area contributed by atoms with E-state index in [1.165, 1.54) is 4.57 Å². The second kappa shape index (κ2) is 5.99. The number of nitrogens with one attached hydrogen (secondary N) is 1. The van der Waals surface area contributed by atoms with Gasteiger partial charge >= 0.3 is 5.76 Å². The third kappa shape index (κ3) is 2.62. The molecule has 0 bridgehead atoms.